The summed E-state index contributed by atoms with van der Waals surface area (Å²) in [5, 5.41) is 6.59. The zero-order chi connectivity index (χ0) is 13.9. The third kappa shape index (κ3) is 2.93. The average molecular weight is 274 g/mol. The molecular weight excluding hydrogens is 252 g/mol. The molecule has 2 amide bonds. The molecule has 3 unspecified atom stereocenters. The fourth-order valence-electron chi connectivity index (χ4n) is 3.17. The van der Waals surface area contributed by atoms with Crippen molar-refractivity contribution in [3.05, 3.63) is 30.1 Å². The first kappa shape index (κ1) is 13.4. The molecule has 3 fully saturated rings. The quantitative estimate of drug-likeness (QED) is 0.869. The molecule has 2 N–H and O–H groups in total. The van der Waals surface area contributed by atoms with E-state index in [0.717, 1.165) is 25.9 Å². The minimum Gasteiger partial charge on any atom is -0.335 e. The maximum atomic E-state index is 12.4. The molecule has 5 heteroatoms. The van der Waals surface area contributed by atoms with E-state index in [-0.39, 0.29) is 12.1 Å². The van der Waals surface area contributed by atoms with Crippen LogP contribution in [-0.4, -0.2) is 47.1 Å². The van der Waals surface area contributed by atoms with Crippen LogP contribution in [0.15, 0.2) is 24.5 Å². The summed E-state index contributed by atoms with van der Waals surface area (Å²) < 4.78 is 0. The molecule has 3 aliphatic rings. The molecule has 1 aromatic rings. The van der Waals surface area contributed by atoms with Gasteiger partial charge in [0, 0.05) is 43.6 Å². The highest BCUT2D eigenvalue weighted by Crippen LogP contribution is 2.22. The lowest BCUT2D eigenvalue weighted by Gasteiger charge is -2.46. The molecule has 0 aromatic carbocycles. The second-order valence-electron chi connectivity index (χ2n) is 5.90. The Bertz CT molecular complexity index is 456. The number of carbonyl (C=O) groups is 1. The SMILES string of the molecule is CC(Cc1ccncc1)NC(=O)N1CC2CCC1CN2. The summed E-state index contributed by atoms with van der Waals surface area (Å²) >= 11 is 0. The van der Waals surface area contributed by atoms with Crippen LogP contribution in [0, 0.1) is 0 Å². The summed E-state index contributed by atoms with van der Waals surface area (Å²) in [6, 6.07) is 5.07. The number of nitrogens with zero attached hydrogens (tertiary/aromatic N) is 2. The number of hydrogen-bond donors (Lipinski definition) is 2. The van der Waals surface area contributed by atoms with Crippen LogP contribution in [0.3, 0.4) is 0 Å². The normalized spacial score (nSPS) is 26.4. The number of piperidine rings is 2. The highest BCUT2D eigenvalue weighted by Gasteiger charge is 2.36. The van der Waals surface area contributed by atoms with Crippen molar-refractivity contribution in [2.75, 3.05) is 13.1 Å². The summed E-state index contributed by atoms with van der Waals surface area (Å²) in [6.07, 6.45) is 6.75. The van der Waals surface area contributed by atoms with Gasteiger partial charge in [-0.2, -0.15) is 0 Å². The molecule has 0 radical (unpaired) electrons. The summed E-state index contributed by atoms with van der Waals surface area (Å²) in [7, 11) is 0. The molecule has 3 aliphatic heterocycles. The van der Waals surface area contributed by atoms with E-state index < -0.39 is 0 Å². The Morgan fingerprint density at radius 3 is 2.90 bits per heavy atom. The number of pyridine rings is 1. The second kappa shape index (κ2) is 5.79. The lowest BCUT2D eigenvalue weighted by molar-refractivity contribution is 0.0963. The van der Waals surface area contributed by atoms with Gasteiger partial charge in [-0.15, -0.1) is 0 Å². The Morgan fingerprint density at radius 1 is 1.50 bits per heavy atom. The van der Waals surface area contributed by atoms with Crippen LogP contribution in [0.25, 0.3) is 0 Å². The zero-order valence-corrected chi connectivity index (χ0v) is 11.9. The van der Waals surface area contributed by atoms with Gasteiger partial charge in [-0.3, -0.25) is 4.98 Å². The second-order valence-corrected chi connectivity index (χ2v) is 5.90. The Morgan fingerprint density at radius 2 is 2.30 bits per heavy atom. The van der Waals surface area contributed by atoms with Crippen molar-refractivity contribution in [3.8, 4) is 0 Å². The largest absolute Gasteiger partial charge is 0.335 e. The van der Waals surface area contributed by atoms with E-state index in [9.17, 15) is 4.79 Å². The number of piperazine rings is 1. The van der Waals surface area contributed by atoms with Gasteiger partial charge in [0.1, 0.15) is 0 Å². The predicted molar refractivity (Wildman–Crippen MR) is 77.5 cm³/mol. The van der Waals surface area contributed by atoms with E-state index >= 15 is 0 Å². The van der Waals surface area contributed by atoms with Gasteiger partial charge in [-0.1, -0.05) is 0 Å². The Kier molecular flexibility index (Phi) is 3.87. The molecule has 1 aromatic heterocycles. The number of amides is 2. The summed E-state index contributed by atoms with van der Waals surface area (Å²) in [5.41, 5.74) is 1.20. The third-order valence-corrected chi connectivity index (χ3v) is 4.27. The fraction of sp³-hybridized carbons (Fsp3) is 0.600. The van der Waals surface area contributed by atoms with Gasteiger partial charge < -0.3 is 15.5 Å². The van der Waals surface area contributed by atoms with Crippen molar-refractivity contribution < 1.29 is 4.79 Å². The summed E-state index contributed by atoms with van der Waals surface area (Å²) in [6.45, 7) is 3.84. The van der Waals surface area contributed by atoms with Crippen molar-refractivity contribution in [1.82, 2.24) is 20.5 Å². The fourth-order valence-corrected chi connectivity index (χ4v) is 3.17. The number of aromatic nitrogens is 1. The van der Waals surface area contributed by atoms with Crippen molar-refractivity contribution in [2.45, 2.75) is 44.3 Å². The Balaban J connectivity index is 1.53. The number of fused-ring (bicyclic) bond motifs is 3. The van der Waals surface area contributed by atoms with Gasteiger partial charge in [0.2, 0.25) is 0 Å². The molecule has 0 spiro atoms. The number of carbonyl (C=O) groups excluding carboxylic acids is 1. The van der Waals surface area contributed by atoms with Crippen molar-refractivity contribution >= 4 is 6.03 Å². The standard InChI is InChI=1S/C15H22N4O/c1-11(8-12-4-6-16-7-5-12)18-15(20)19-10-13-2-3-14(19)9-17-13/h4-7,11,13-14,17H,2-3,8-10H2,1H3,(H,18,20). The minimum atomic E-state index is 0.0859. The first-order valence-corrected chi connectivity index (χ1v) is 7.42. The summed E-state index contributed by atoms with van der Waals surface area (Å²) in [4.78, 5) is 18.4. The van der Waals surface area contributed by atoms with Gasteiger partial charge in [0.15, 0.2) is 0 Å². The molecule has 5 nitrogen and oxygen atoms in total. The minimum absolute atomic E-state index is 0.0859. The Hall–Kier alpha value is -1.62. The van der Waals surface area contributed by atoms with Gasteiger partial charge in [-0.05, 0) is 43.9 Å². The molecule has 108 valence electrons. The van der Waals surface area contributed by atoms with Crippen LogP contribution in [0.4, 0.5) is 4.79 Å². The number of rotatable bonds is 3. The summed E-state index contributed by atoms with van der Waals surface area (Å²) in [5.74, 6) is 0. The van der Waals surface area contributed by atoms with Crippen molar-refractivity contribution in [3.63, 3.8) is 0 Å². The van der Waals surface area contributed by atoms with Crippen LogP contribution in [-0.2, 0) is 6.42 Å². The van der Waals surface area contributed by atoms with E-state index in [2.05, 4.69) is 22.5 Å². The van der Waals surface area contributed by atoms with Crippen LogP contribution >= 0.6 is 0 Å². The maximum Gasteiger partial charge on any atom is 0.317 e. The molecule has 20 heavy (non-hydrogen) atoms. The number of urea groups is 1. The van der Waals surface area contributed by atoms with Crippen LogP contribution < -0.4 is 10.6 Å². The van der Waals surface area contributed by atoms with Crippen LogP contribution in [0.1, 0.15) is 25.3 Å². The van der Waals surface area contributed by atoms with Gasteiger partial charge in [0.25, 0.3) is 0 Å². The van der Waals surface area contributed by atoms with E-state index in [1.165, 1.54) is 12.0 Å². The molecule has 0 saturated carbocycles. The van der Waals surface area contributed by atoms with Crippen molar-refractivity contribution in [1.29, 1.82) is 0 Å². The highest BCUT2D eigenvalue weighted by atomic mass is 16.2. The van der Waals surface area contributed by atoms with E-state index in [0.29, 0.717) is 12.1 Å². The molecular formula is C15H22N4O. The van der Waals surface area contributed by atoms with E-state index in [4.69, 9.17) is 0 Å². The molecule has 0 aliphatic carbocycles. The molecule has 3 saturated heterocycles. The molecule has 2 bridgehead atoms. The van der Waals surface area contributed by atoms with Crippen molar-refractivity contribution in [2.24, 2.45) is 0 Å². The van der Waals surface area contributed by atoms with Crippen LogP contribution in [0.5, 0.6) is 0 Å². The first-order valence-electron chi connectivity index (χ1n) is 7.42. The van der Waals surface area contributed by atoms with Gasteiger partial charge >= 0.3 is 6.03 Å². The maximum absolute atomic E-state index is 12.4. The highest BCUT2D eigenvalue weighted by molar-refractivity contribution is 5.75. The molecule has 4 rings (SSSR count). The van der Waals surface area contributed by atoms with E-state index in [1.807, 2.05) is 17.0 Å². The molecule has 4 heterocycles. The number of nitrogens with one attached hydrogen (secondary N) is 2. The monoisotopic (exact) mass is 274 g/mol. The zero-order valence-electron chi connectivity index (χ0n) is 11.9. The third-order valence-electron chi connectivity index (χ3n) is 4.27. The Labute approximate surface area is 119 Å². The predicted octanol–water partition coefficient (Wildman–Crippen LogP) is 1.16. The topological polar surface area (TPSA) is 57.3 Å². The number of hydrogen-bond acceptors (Lipinski definition) is 3. The lowest BCUT2D eigenvalue weighted by Crippen LogP contribution is -2.64. The smallest absolute Gasteiger partial charge is 0.317 e. The van der Waals surface area contributed by atoms with Gasteiger partial charge in [-0.25, -0.2) is 4.79 Å². The van der Waals surface area contributed by atoms with Crippen LogP contribution in [0.2, 0.25) is 0 Å². The average Bonchev–Trinajstić information content (AvgIpc) is 2.49. The van der Waals surface area contributed by atoms with E-state index in [1.54, 1.807) is 12.4 Å². The van der Waals surface area contributed by atoms with Gasteiger partial charge in [0.05, 0.1) is 0 Å². The molecule has 3 atom stereocenters. The lowest BCUT2D eigenvalue weighted by atomic mass is 9.93. The first-order chi connectivity index (χ1) is 9.72.